The number of hydrogen-bond acceptors (Lipinski definition) is 4. The van der Waals surface area contributed by atoms with Crippen LogP contribution in [-0.2, 0) is 13.0 Å². The number of aromatic nitrogens is 1. The van der Waals surface area contributed by atoms with Crippen molar-refractivity contribution in [2.75, 3.05) is 11.9 Å². The van der Waals surface area contributed by atoms with Crippen LogP contribution in [0.15, 0.2) is 22.7 Å². The number of amides is 1. The van der Waals surface area contributed by atoms with Crippen LogP contribution in [0.3, 0.4) is 0 Å². The summed E-state index contributed by atoms with van der Waals surface area (Å²) in [6.45, 7) is 1.75. The van der Waals surface area contributed by atoms with Crippen LogP contribution in [-0.4, -0.2) is 17.4 Å². The van der Waals surface area contributed by atoms with Crippen molar-refractivity contribution in [2.45, 2.75) is 13.0 Å². The van der Waals surface area contributed by atoms with E-state index in [9.17, 15) is 4.79 Å². The van der Waals surface area contributed by atoms with Crippen molar-refractivity contribution < 1.29 is 4.79 Å². The van der Waals surface area contributed by atoms with Crippen LogP contribution in [0, 0.1) is 0 Å². The normalized spacial score (nSPS) is 13.9. The lowest BCUT2D eigenvalue weighted by Gasteiger charge is -2.09. The molecule has 0 spiro atoms. The number of rotatable bonds is 2. The Balaban J connectivity index is 1.80. The molecule has 4 nitrogen and oxygen atoms in total. The lowest BCUT2D eigenvalue weighted by Crippen LogP contribution is -2.22. The maximum atomic E-state index is 12.2. The molecule has 0 saturated carbocycles. The summed E-state index contributed by atoms with van der Waals surface area (Å²) in [7, 11) is 0. The van der Waals surface area contributed by atoms with Gasteiger partial charge in [-0.25, -0.2) is 4.98 Å². The summed E-state index contributed by atoms with van der Waals surface area (Å²) in [4.78, 5) is 17.8. The lowest BCUT2D eigenvalue weighted by molar-refractivity contribution is 0.102. The van der Waals surface area contributed by atoms with Crippen LogP contribution in [0.4, 0.5) is 5.13 Å². The quantitative estimate of drug-likeness (QED) is 0.849. The summed E-state index contributed by atoms with van der Waals surface area (Å²) in [6.07, 6.45) is 0.904. The zero-order chi connectivity index (χ0) is 14.1. The highest BCUT2D eigenvalue weighted by Gasteiger charge is 2.17. The molecule has 1 aliphatic heterocycles. The molecule has 20 heavy (non-hydrogen) atoms. The van der Waals surface area contributed by atoms with Gasteiger partial charge < -0.3 is 5.32 Å². The second kappa shape index (κ2) is 5.81. The third-order valence-electron chi connectivity index (χ3n) is 3.00. The molecule has 0 atom stereocenters. The summed E-state index contributed by atoms with van der Waals surface area (Å²) in [5.74, 6) is -0.235. The molecule has 1 aromatic carbocycles. The molecule has 104 valence electrons. The first kappa shape index (κ1) is 14.0. The van der Waals surface area contributed by atoms with Gasteiger partial charge >= 0.3 is 0 Å². The predicted molar refractivity (Wildman–Crippen MR) is 84.6 cm³/mol. The highest BCUT2D eigenvalue weighted by Crippen LogP contribution is 2.27. The van der Waals surface area contributed by atoms with E-state index in [2.05, 4.69) is 31.5 Å². The maximum Gasteiger partial charge on any atom is 0.258 e. The first-order valence-electron chi connectivity index (χ1n) is 6.09. The van der Waals surface area contributed by atoms with Gasteiger partial charge in [-0.05, 0) is 18.2 Å². The molecule has 7 heteroatoms. The molecule has 2 heterocycles. The standard InChI is InChI=1S/C13H11BrClN3OS/c14-7-1-2-8(9(15)5-7)12(19)18-13-17-10-3-4-16-6-11(10)20-13/h1-2,5,16H,3-4,6H2,(H,17,18,19). The molecule has 2 aromatic rings. The van der Waals surface area contributed by atoms with Crippen LogP contribution >= 0.6 is 38.9 Å². The van der Waals surface area contributed by atoms with Gasteiger partial charge in [0, 0.05) is 28.9 Å². The number of benzene rings is 1. The highest BCUT2D eigenvalue weighted by atomic mass is 79.9. The van der Waals surface area contributed by atoms with Gasteiger partial charge in [-0.1, -0.05) is 27.5 Å². The van der Waals surface area contributed by atoms with Gasteiger partial charge in [0.05, 0.1) is 16.3 Å². The van der Waals surface area contributed by atoms with E-state index < -0.39 is 0 Å². The predicted octanol–water partition coefficient (Wildman–Crippen LogP) is 3.46. The molecule has 2 N–H and O–H groups in total. The molecule has 1 aromatic heterocycles. The zero-order valence-corrected chi connectivity index (χ0v) is 13.5. The van der Waals surface area contributed by atoms with Crippen molar-refractivity contribution >= 4 is 49.9 Å². The Kier molecular flexibility index (Phi) is 4.07. The monoisotopic (exact) mass is 371 g/mol. The maximum absolute atomic E-state index is 12.2. The average Bonchev–Trinajstić information content (AvgIpc) is 2.80. The van der Waals surface area contributed by atoms with E-state index in [1.54, 1.807) is 18.2 Å². The number of halogens is 2. The van der Waals surface area contributed by atoms with Crippen molar-refractivity contribution in [2.24, 2.45) is 0 Å². The molecular formula is C13H11BrClN3OS. The summed E-state index contributed by atoms with van der Waals surface area (Å²) in [5, 5.41) is 7.15. The van der Waals surface area contributed by atoms with Crippen molar-refractivity contribution in [1.29, 1.82) is 0 Å². The van der Waals surface area contributed by atoms with E-state index in [0.717, 1.165) is 29.7 Å². The number of thiazole rings is 1. The highest BCUT2D eigenvalue weighted by molar-refractivity contribution is 9.10. The Bertz CT molecular complexity index is 650. The average molecular weight is 373 g/mol. The van der Waals surface area contributed by atoms with Gasteiger partial charge in [-0.3, -0.25) is 10.1 Å². The number of fused-ring (bicyclic) bond motifs is 1. The number of carbonyl (C=O) groups is 1. The van der Waals surface area contributed by atoms with Crippen molar-refractivity contribution in [1.82, 2.24) is 10.3 Å². The second-order valence-corrected chi connectivity index (χ2v) is 6.80. The molecule has 3 rings (SSSR count). The summed E-state index contributed by atoms with van der Waals surface area (Å²) >= 11 is 10.9. The Hall–Kier alpha value is -0.950. The molecule has 0 fully saturated rings. The summed E-state index contributed by atoms with van der Waals surface area (Å²) in [6, 6.07) is 5.18. The first-order chi connectivity index (χ1) is 9.63. The second-order valence-electron chi connectivity index (χ2n) is 4.39. The van der Waals surface area contributed by atoms with E-state index in [4.69, 9.17) is 11.6 Å². The SMILES string of the molecule is O=C(Nc1nc2c(s1)CNCC2)c1ccc(Br)cc1Cl. The lowest BCUT2D eigenvalue weighted by atomic mass is 10.2. The molecule has 0 unspecified atom stereocenters. The zero-order valence-electron chi connectivity index (χ0n) is 10.4. The molecule has 0 saturated heterocycles. The van der Waals surface area contributed by atoms with Crippen LogP contribution in [0.25, 0.3) is 0 Å². The van der Waals surface area contributed by atoms with Gasteiger partial charge in [-0.2, -0.15) is 0 Å². The van der Waals surface area contributed by atoms with Crippen molar-refractivity contribution in [3.05, 3.63) is 43.8 Å². The fourth-order valence-electron chi connectivity index (χ4n) is 2.02. The first-order valence-corrected chi connectivity index (χ1v) is 8.08. The Morgan fingerprint density at radius 3 is 3.10 bits per heavy atom. The third-order valence-corrected chi connectivity index (χ3v) is 4.82. The molecule has 0 radical (unpaired) electrons. The van der Waals surface area contributed by atoms with Crippen molar-refractivity contribution in [3.63, 3.8) is 0 Å². The Morgan fingerprint density at radius 1 is 1.50 bits per heavy atom. The minimum absolute atomic E-state index is 0.235. The summed E-state index contributed by atoms with van der Waals surface area (Å²) in [5.41, 5.74) is 1.52. The van der Waals surface area contributed by atoms with E-state index >= 15 is 0 Å². The summed E-state index contributed by atoms with van der Waals surface area (Å²) < 4.78 is 0.842. The van der Waals surface area contributed by atoms with E-state index in [1.165, 1.54) is 16.2 Å². The Labute approximate surface area is 133 Å². The van der Waals surface area contributed by atoms with Crippen LogP contribution in [0.5, 0.6) is 0 Å². The fourth-order valence-corrected chi connectivity index (χ4v) is 3.75. The van der Waals surface area contributed by atoms with E-state index in [-0.39, 0.29) is 5.91 Å². The topological polar surface area (TPSA) is 54.0 Å². The van der Waals surface area contributed by atoms with Gasteiger partial charge in [-0.15, -0.1) is 11.3 Å². The smallest absolute Gasteiger partial charge is 0.258 e. The van der Waals surface area contributed by atoms with E-state index in [0.29, 0.717) is 15.7 Å². The molecule has 1 aliphatic rings. The van der Waals surface area contributed by atoms with Crippen molar-refractivity contribution in [3.8, 4) is 0 Å². The van der Waals surface area contributed by atoms with Gasteiger partial charge in [0.2, 0.25) is 0 Å². The van der Waals surface area contributed by atoms with Crippen LogP contribution in [0.2, 0.25) is 5.02 Å². The van der Waals surface area contributed by atoms with Gasteiger partial charge in [0.25, 0.3) is 5.91 Å². The van der Waals surface area contributed by atoms with Crippen LogP contribution in [0.1, 0.15) is 20.9 Å². The van der Waals surface area contributed by atoms with Gasteiger partial charge in [0.1, 0.15) is 0 Å². The molecule has 0 aliphatic carbocycles. The molecular weight excluding hydrogens is 362 g/mol. The third kappa shape index (κ3) is 2.88. The number of nitrogens with one attached hydrogen (secondary N) is 2. The van der Waals surface area contributed by atoms with Gasteiger partial charge in [0.15, 0.2) is 5.13 Å². The number of carbonyl (C=O) groups excluding carboxylic acids is 1. The number of anilines is 1. The largest absolute Gasteiger partial charge is 0.311 e. The number of hydrogen-bond donors (Lipinski definition) is 2. The molecule has 0 bridgehead atoms. The fraction of sp³-hybridized carbons (Fsp3) is 0.231. The minimum Gasteiger partial charge on any atom is -0.311 e. The Morgan fingerprint density at radius 2 is 2.35 bits per heavy atom. The van der Waals surface area contributed by atoms with Crippen LogP contribution < -0.4 is 10.6 Å². The minimum atomic E-state index is -0.235. The van der Waals surface area contributed by atoms with E-state index in [1.807, 2.05) is 0 Å². The molecule has 1 amide bonds. The number of nitrogens with zero attached hydrogens (tertiary/aromatic N) is 1.